The van der Waals surface area contributed by atoms with E-state index >= 15 is 0 Å². The first-order chi connectivity index (χ1) is 11.9. The second-order valence-corrected chi connectivity index (χ2v) is 8.65. The summed E-state index contributed by atoms with van der Waals surface area (Å²) in [6.45, 7) is 0.749. The van der Waals surface area contributed by atoms with E-state index in [0.29, 0.717) is 22.4 Å². The molecule has 0 aliphatic rings. The van der Waals surface area contributed by atoms with Crippen LogP contribution in [0.25, 0.3) is 0 Å². The molecule has 0 bridgehead atoms. The fourth-order valence-electron chi connectivity index (χ4n) is 2.10. The average molecular weight is 573 g/mol. The van der Waals surface area contributed by atoms with Crippen LogP contribution in [0.4, 0.5) is 0 Å². The Morgan fingerprint density at radius 3 is 2.38 bits per heavy atom. The van der Waals surface area contributed by atoms with Crippen molar-refractivity contribution < 1.29 is 8.42 Å². The molecule has 0 amide bonds. The van der Waals surface area contributed by atoms with Crippen molar-refractivity contribution in [2.24, 2.45) is 4.99 Å². The molecule has 9 heteroatoms. The van der Waals surface area contributed by atoms with Crippen LogP contribution in [0.2, 0.25) is 5.02 Å². The van der Waals surface area contributed by atoms with Crippen molar-refractivity contribution >= 4 is 67.3 Å². The van der Waals surface area contributed by atoms with E-state index in [-0.39, 0.29) is 36.3 Å². The number of guanidine groups is 1. The number of benzene rings is 2. The molecule has 0 aliphatic heterocycles. The molecule has 0 saturated heterocycles. The molecule has 0 atom stereocenters. The minimum absolute atomic E-state index is 0. The maximum atomic E-state index is 12.3. The van der Waals surface area contributed by atoms with Gasteiger partial charge in [0.15, 0.2) is 15.8 Å². The van der Waals surface area contributed by atoms with Gasteiger partial charge in [0.25, 0.3) is 0 Å². The van der Waals surface area contributed by atoms with Gasteiger partial charge in [-0.3, -0.25) is 4.99 Å². The van der Waals surface area contributed by atoms with E-state index in [2.05, 4.69) is 31.6 Å². The van der Waals surface area contributed by atoms with Crippen LogP contribution in [-0.2, 0) is 16.4 Å². The number of rotatable bonds is 6. The summed E-state index contributed by atoms with van der Waals surface area (Å²) < 4.78 is 25.4. The summed E-state index contributed by atoms with van der Waals surface area (Å²) in [5.41, 5.74) is 0.939. The van der Waals surface area contributed by atoms with Crippen molar-refractivity contribution in [1.29, 1.82) is 0 Å². The maximum absolute atomic E-state index is 12.3. The van der Waals surface area contributed by atoms with Gasteiger partial charge in [0.1, 0.15) is 0 Å². The number of nitrogens with zero attached hydrogens (tertiary/aromatic N) is 1. The molecule has 2 N–H and O–H groups in total. The maximum Gasteiger partial charge on any atom is 0.191 e. The minimum atomic E-state index is -3.34. The number of hydrogen-bond acceptors (Lipinski definition) is 3. The lowest BCUT2D eigenvalue weighted by atomic mass is 10.2. The van der Waals surface area contributed by atoms with Gasteiger partial charge in [-0.05, 0) is 35.9 Å². The van der Waals surface area contributed by atoms with E-state index in [1.807, 2.05) is 24.3 Å². The van der Waals surface area contributed by atoms with E-state index in [0.717, 1.165) is 10.0 Å². The van der Waals surface area contributed by atoms with Crippen LogP contribution in [0.5, 0.6) is 0 Å². The summed E-state index contributed by atoms with van der Waals surface area (Å²) >= 11 is 9.41. The molecule has 0 unspecified atom stereocenters. The summed E-state index contributed by atoms with van der Waals surface area (Å²) in [5, 5.41) is 6.79. The zero-order valence-corrected chi connectivity index (χ0v) is 19.6. The lowest BCUT2D eigenvalue weighted by molar-refractivity contribution is 0.594. The molecule has 0 aliphatic carbocycles. The molecule has 0 heterocycles. The van der Waals surface area contributed by atoms with Crippen molar-refractivity contribution in [3.05, 3.63) is 63.6 Å². The van der Waals surface area contributed by atoms with E-state index in [1.54, 1.807) is 31.3 Å². The Morgan fingerprint density at radius 2 is 1.77 bits per heavy atom. The highest BCUT2D eigenvalue weighted by molar-refractivity contribution is 14.0. The molecule has 0 saturated carbocycles. The summed E-state index contributed by atoms with van der Waals surface area (Å²) in [4.78, 5) is 4.39. The molecule has 142 valence electrons. The Labute approximate surface area is 184 Å². The van der Waals surface area contributed by atoms with Gasteiger partial charge in [0.05, 0.1) is 10.6 Å². The van der Waals surface area contributed by atoms with Crippen molar-refractivity contribution in [1.82, 2.24) is 10.6 Å². The molecule has 2 aromatic rings. The lowest BCUT2D eigenvalue weighted by Crippen LogP contribution is -2.39. The number of hydrogen-bond donors (Lipinski definition) is 2. The summed E-state index contributed by atoms with van der Waals surface area (Å²) in [5.74, 6) is 0.493. The molecule has 0 spiro atoms. The van der Waals surface area contributed by atoms with Crippen LogP contribution >= 0.6 is 51.5 Å². The van der Waals surface area contributed by atoms with Gasteiger partial charge in [0, 0.05) is 29.6 Å². The molecule has 0 fully saturated rings. The van der Waals surface area contributed by atoms with Crippen molar-refractivity contribution in [2.75, 3.05) is 19.3 Å². The third kappa shape index (κ3) is 7.05. The summed E-state index contributed by atoms with van der Waals surface area (Å²) in [7, 11) is -1.71. The van der Waals surface area contributed by atoms with Gasteiger partial charge in [0.2, 0.25) is 0 Å². The largest absolute Gasteiger partial charge is 0.355 e. The first-order valence-corrected chi connectivity index (χ1v) is 10.4. The van der Waals surface area contributed by atoms with Crippen LogP contribution in [0.3, 0.4) is 0 Å². The molecule has 0 radical (unpaired) electrons. The van der Waals surface area contributed by atoms with Crippen LogP contribution in [0, 0.1) is 0 Å². The first kappa shape index (κ1) is 23.2. The lowest BCUT2D eigenvalue weighted by Gasteiger charge is -2.13. The van der Waals surface area contributed by atoms with Gasteiger partial charge in [-0.1, -0.05) is 45.7 Å². The molecule has 2 aromatic carbocycles. The predicted octanol–water partition coefficient (Wildman–Crippen LogP) is 3.86. The minimum Gasteiger partial charge on any atom is -0.355 e. The monoisotopic (exact) mass is 571 g/mol. The number of aliphatic imine (C=N–C) groups is 1. The summed E-state index contributed by atoms with van der Waals surface area (Å²) in [6.07, 6.45) is 0. The number of halogens is 3. The quantitative estimate of drug-likeness (QED) is 0.314. The standard InChI is InChI=1S/C17H19BrClN3O2S.HI/c1-20-17(22-12-13-4-2-3-5-16(13)19)21-10-11-25(23,24)15-8-6-14(18)7-9-15;/h2-9H,10-12H2,1H3,(H2,20,21,22);1H. The zero-order chi connectivity index (χ0) is 18.3. The normalized spacial score (nSPS) is 11.6. The number of nitrogens with one attached hydrogen (secondary N) is 2. The predicted molar refractivity (Wildman–Crippen MR) is 121 cm³/mol. The smallest absolute Gasteiger partial charge is 0.191 e. The SMILES string of the molecule is CN=C(NCCS(=O)(=O)c1ccc(Br)cc1)NCc1ccccc1Cl.I. The summed E-state index contributed by atoms with van der Waals surface area (Å²) in [6, 6.07) is 14.1. The van der Waals surface area contributed by atoms with Crippen LogP contribution in [0.15, 0.2) is 62.9 Å². The third-order valence-corrected chi connectivity index (χ3v) is 6.09. The topological polar surface area (TPSA) is 70.6 Å². The zero-order valence-electron chi connectivity index (χ0n) is 14.1. The van der Waals surface area contributed by atoms with Crippen molar-refractivity contribution in [2.45, 2.75) is 11.4 Å². The Hall–Kier alpha value is -0.840. The van der Waals surface area contributed by atoms with E-state index < -0.39 is 9.84 Å². The third-order valence-electron chi connectivity index (χ3n) is 3.46. The molecular formula is C17H20BrClIN3O2S. The highest BCUT2D eigenvalue weighted by Gasteiger charge is 2.14. The molecule has 0 aromatic heterocycles. The van der Waals surface area contributed by atoms with Gasteiger partial charge >= 0.3 is 0 Å². The molecule has 2 rings (SSSR count). The van der Waals surface area contributed by atoms with Crippen molar-refractivity contribution in [3.63, 3.8) is 0 Å². The van der Waals surface area contributed by atoms with Gasteiger partial charge in [-0.25, -0.2) is 8.42 Å². The molecule has 26 heavy (non-hydrogen) atoms. The van der Waals surface area contributed by atoms with E-state index in [9.17, 15) is 8.42 Å². The van der Waals surface area contributed by atoms with Crippen molar-refractivity contribution in [3.8, 4) is 0 Å². The van der Waals surface area contributed by atoms with Crippen LogP contribution in [0.1, 0.15) is 5.56 Å². The Bertz CT molecular complexity index is 845. The Morgan fingerprint density at radius 1 is 1.12 bits per heavy atom. The van der Waals surface area contributed by atoms with Gasteiger partial charge < -0.3 is 10.6 Å². The van der Waals surface area contributed by atoms with E-state index in [4.69, 9.17) is 11.6 Å². The second kappa shape index (κ2) is 11.1. The fraction of sp³-hybridized carbons (Fsp3) is 0.235. The van der Waals surface area contributed by atoms with Crippen LogP contribution < -0.4 is 10.6 Å². The van der Waals surface area contributed by atoms with Gasteiger partial charge in [-0.2, -0.15) is 0 Å². The molecule has 5 nitrogen and oxygen atoms in total. The second-order valence-electron chi connectivity index (χ2n) is 5.22. The first-order valence-electron chi connectivity index (χ1n) is 7.58. The van der Waals surface area contributed by atoms with Gasteiger partial charge in [-0.15, -0.1) is 24.0 Å². The Balaban J connectivity index is 0.00000338. The number of sulfone groups is 1. The average Bonchev–Trinajstić information content (AvgIpc) is 2.59. The highest BCUT2D eigenvalue weighted by atomic mass is 127. The molecular weight excluding hydrogens is 553 g/mol. The fourth-order valence-corrected chi connectivity index (χ4v) is 3.73. The Kier molecular flexibility index (Phi) is 9.91. The highest BCUT2D eigenvalue weighted by Crippen LogP contribution is 2.16. The van der Waals surface area contributed by atoms with Crippen LogP contribution in [-0.4, -0.2) is 33.7 Å². The van der Waals surface area contributed by atoms with E-state index in [1.165, 1.54) is 0 Å².